The second kappa shape index (κ2) is 17.1. The number of imide groups is 1. The van der Waals surface area contributed by atoms with Crippen molar-refractivity contribution < 1.29 is 19.1 Å². The van der Waals surface area contributed by atoms with Crippen LogP contribution in [0.15, 0.2) is 12.2 Å². The van der Waals surface area contributed by atoms with E-state index in [1.165, 1.54) is 69.9 Å². The fraction of sp³-hybridized carbons (Fsp3) is 0.800. The first kappa shape index (κ1) is 26.4. The largest absolute Gasteiger partial charge is 0.464 e. The lowest BCUT2D eigenvalue weighted by Gasteiger charge is -2.24. The number of amides is 2. The van der Waals surface area contributed by atoms with E-state index in [1.807, 2.05) is 0 Å². The average molecular weight is 422 g/mol. The van der Waals surface area contributed by atoms with E-state index >= 15 is 0 Å². The van der Waals surface area contributed by atoms with Gasteiger partial charge in [-0.25, -0.2) is 4.79 Å². The minimum Gasteiger partial charge on any atom is -0.464 e. The van der Waals surface area contributed by atoms with Crippen molar-refractivity contribution in [1.82, 2.24) is 4.90 Å². The Morgan fingerprint density at radius 2 is 1.17 bits per heavy atom. The third kappa shape index (κ3) is 10.9. The highest BCUT2D eigenvalue weighted by atomic mass is 16.5. The van der Waals surface area contributed by atoms with E-state index in [9.17, 15) is 14.4 Å². The first-order chi connectivity index (χ1) is 14.6. The van der Waals surface area contributed by atoms with E-state index in [-0.39, 0.29) is 0 Å². The Labute approximate surface area is 183 Å². The Kier molecular flexibility index (Phi) is 15.0. The highest BCUT2D eigenvalue weighted by Gasteiger charge is 2.36. The second-order valence-corrected chi connectivity index (χ2v) is 8.45. The maximum Gasteiger partial charge on any atom is 0.329 e. The number of esters is 1. The van der Waals surface area contributed by atoms with Crippen LogP contribution in [0.4, 0.5) is 0 Å². The molecule has 0 aliphatic carbocycles. The lowest BCUT2D eigenvalue weighted by atomic mass is 10.0. The molecule has 1 atom stereocenters. The molecule has 30 heavy (non-hydrogen) atoms. The number of carbonyl (C=O) groups is 3. The minimum absolute atomic E-state index is 0.366. The summed E-state index contributed by atoms with van der Waals surface area (Å²) in [5, 5.41) is 0. The van der Waals surface area contributed by atoms with Gasteiger partial charge in [-0.05, 0) is 12.8 Å². The summed E-state index contributed by atoms with van der Waals surface area (Å²) in [7, 11) is 0. The summed E-state index contributed by atoms with van der Waals surface area (Å²) in [6.45, 7) is 4.78. The molecule has 0 aromatic rings. The summed E-state index contributed by atoms with van der Waals surface area (Å²) >= 11 is 0. The molecule has 2 amide bonds. The standard InChI is InChI=1S/C25H43NO4/c1-3-5-7-9-11-13-15-17-21-30-25(29)22(26-23(27)19-20-24(26)28)18-16-14-12-10-8-6-4-2/h19-20,22H,3-18,21H2,1-2H3. The number of rotatable bonds is 19. The molecular weight excluding hydrogens is 378 g/mol. The number of hydrogen-bond acceptors (Lipinski definition) is 4. The van der Waals surface area contributed by atoms with Gasteiger partial charge in [0.1, 0.15) is 6.04 Å². The van der Waals surface area contributed by atoms with E-state index in [2.05, 4.69) is 13.8 Å². The van der Waals surface area contributed by atoms with Crippen LogP contribution < -0.4 is 0 Å². The molecule has 172 valence electrons. The van der Waals surface area contributed by atoms with Crippen LogP contribution in [0.5, 0.6) is 0 Å². The SMILES string of the molecule is CCCCCCCCCCOC(=O)C(CCCCCCCCC)N1C(=O)C=CC1=O. The van der Waals surface area contributed by atoms with Crippen molar-refractivity contribution in [1.29, 1.82) is 0 Å². The van der Waals surface area contributed by atoms with Crippen LogP contribution in [0.25, 0.3) is 0 Å². The smallest absolute Gasteiger partial charge is 0.329 e. The normalized spacial score (nSPS) is 14.5. The number of carbonyl (C=O) groups excluding carboxylic acids is 3. The Morgan fingerprint density at radius 1 is 0.733 bits per heavy atom. The maximum absolute atomic E-state index is 12.6. The minimum atomic E-state index is -0.787. The predicted octanol–water partition coefficient (Wildman–Crippen LogP) is 6.10. The zero-order chi connectivity index (χ0) is 22.0. The molecule has 0 bridgehead atoms. The van der Waals surface area contributed by atoms with Gasteiger partial charge in [0.05, 0.1) is 6.61 Å². The van der Waals surface area contributed by atoms with Crippen LogP contribution in [0, 0.1) is 0 Å². The van der Waals surface area contributed by atoms with Crippen LogP contribution in [0.2, 0.25) is 0 Å². The molecule has 5 heteroatoms. The predicted molar refractivity (Wildman–Crippen MR) is 121 cm³/mol. The van der Waals surface area contributed by atoms with Gasteiger partial charge in [-0.3, -0.25) is 14.5 Å². The fourth-order valence-corrected chi connectivity index (χ4v) is 3.87. The number of unbranched alkanes of at least 4 members (excludes halogenated alkanes) is 13. The second-order valence-electron chi connectivity index (χ2n) is 8.45. The molecule has 0 saturated carbocycles. The van der Waals surface area contributed by atoms with Crippen molar-refractivity contribution in [2.45, 2.75) is 123 Å². The Morgan fingerprint density at radius 3 is 1.67 bits per heavy atom. The highest BCUT2D eigenvalue weighted by Crippen LogP contribution is 2.18. The van der Waals surface area contributed by atoms with Gasteiger partial charge in [0.25, 0.3) is 11.8 Å². The van der Waals surface area contributed by atoms with Crippen molar-refractivity contribution >= 4 is 17.8 Å². The van der Waals surface area contributed by atoms with Gasteiger partial charge in [-0.2, -0.15) is 0 Å². The van der Waals surface area contributed by atoms with E-state index in [0.717, 1.165) is 43.4 Å². The molecule has 0 saturated heterocycles. The lowest BCUT2D eigenvalue weighted by molar-refractivity contribution is -0.158. The van der Waals surface area contributed by atoms with E-state index < -0.39 is 23.8 Å². The molecule has 1 aliphatic rings. The van der Waals surface area contributed by atoms with Crippen LogP contribution in [-0.4, -0.2) is 35.3 Å². The molecule has 1 aliphatic heterocycles. The van der Waals surface area contributed by atoms with Gasteiger partial charge >= 0.3 is 5.97 Å². The average Bonchev–Trinajstić information content (AvgIpc) is 3.07. The van der Waals surface area contributed by atoms with Crippen LogP contribution in [0.1, 0.15) is 117 Å². The first-order valence-electron chi connectivity index (χ1n) is 12.3. The fourth-order valence-electron chi connectivity index (χ4n) is 3.87. The van der Waals surface area contributed by atoms with E-state index in [1.54, 1.807) is 0 Å². The van der Waals surface area contributed by atoms with Crippen LogP contribution in [0.3, 0.4) is 0 Å². The summed E-state index contributed by atoms with van der Waals surface area (Å²) in [5.41, 5.74) is 0. The molecule has 0 aromatic heterocycles. The number of hydrogen-bond donors (Lipinski definition) is 0. The topological polar surface area (TPSA) is 63.7 Å². The summed E-state index contributed by atoms with van der Waals surface area (Å²) in [5.74, 6) is -1.25. The first-order valence-corrected chi connectivity index (χ1v) is 12.3. The van der Waals surface area contributed by atoms with Crippen LogP contribution in [-0.2, 0) is 19.1 Å². The highest BCUT2D eigenvalue weighted by molar-refractivity contribution is 6.14. The van der Waals surface area contributed by atoms with Crippen molar-refractivity contribution in [3.8, 4) is 0 Å². The molecule has 0 fully saturated rings. The Hall–Kier alpha value is -1.65. The molecule has 0 N–H and O–H groups in total. The quantitative estimate of drug-likeness (QED) is 0.143. The van der Waals surface area contributed by atoms with Gasteiger partial charge in [-0.15, -0.1) is 0 Å². The van der Waals surface area contributed by atoms with Crippen molar-refractivity contribution in [2.75, 3.05) is 6.61 Å². The third-order valence-electron chi connectivity index (χ3n) is 5.75. The van der Waals surface area contributed by atoms with E-state index in [4.69, 9.17) is 4.74 Å². The molecule has 0 aromatic carbocycles. The maximum atomic E-state index is 12.6. The molecule has 0 spiro atoms. The van der Waals surface area contributed by atoms with Crippen molar-refractivity contribution in [3.63, 3.8) is 0 Å². The van der Waals surface area contributed by atoms with Gasteiger partial charge in [0.15, 0.2) is 0 Å². The molecule has 1 unspecified atom stereocenters. The zero-order valence-corrected chi connectivity index (χ0v) is 19.3. The number of ether oxygens (including phenoxy) is 1. The zero-order valence-electron chi connectivity index (χ0n) is 19.3. The Bertz CT molecular complexity index is 511. The summed E-state index contributed by atoms with van der Waals surface area (Å²) in [4.78, 5) is 37.9. The van der Waals surface area contributed by atoms with Crippen molar-refractivity contribution in [3.05, 3.63) is 12.2 Å². The summed E-state index contributed by atoms with van der Waals surface area (Å²) in [6.07, 6.45) is 20.3. The monoisotopic (exact) mass is 421 g/mol. The molecule has 1 rings (SSSR count). The number of nitrogens with zero attached hydrogens (tertiary/aromatic N) is 1. The lowest BCUT2D eigenvalue weighted by Crippen LogP contribution is -2.45. The van der Waals surface area contributed by atoms with Crippen molar-refractivity contribution in [2.24, 2.45) is 0 Å². The van der Waals surface area contributed by atoms with E-state index in [0.29, 0.717) is 13.0 Å². The molecular formula is C25H43NO4. The van der Waals surface area contributed by atoms with Crippen LogP contribution >= 0.6 is 0 Å². The molecule has 0 radical (unpaired) electrons. The Balaban J connectivity index is 2.33. The summed E-state index contributed by atoms with van der Waals surface area (Å²) in [6, 6.07) is -0.787. The molecule has 1 heterocycles. The van der Waals surface area contributed by atoms with Gasteiger partial charge in [0.2, 0.25) is 0 Å². The third-order valence-corrected chi connectivity index (χ3v) is 5.75. The van der Waals surface area contributed by atoms with Gasteiger partial charge in [-0.1, -0.05) is 104 Å². The summed E-state index contributed by atoms with van der Waals surface area (Å²) < 4.78 is 5.46. The van der Waals surface area contributed by atoms with Gasteiger partial charge in [0, 0.05) is 12.2 Å². The molecule has 5 nitrogen and oxygen atoms in total. The van der Waals surface area contributed by atoms with Gasteiger partial charge < -0.3 is 4.74 Å².